The van der Waals surface area contributed by atoms with E-state index in [0.717, 1.165) is 12.8 Å². The lowest BCUT2D eigenvalue weighted by Gasteiger charge is -2.13. The molecule has 0 saturated carbocycles. The second-order valence-electron chi connectivity index (χ2n) is 3.49. The minimum atomic E-state index is 1.10. The van der Waals surface area contributed by atoms with E-state index in [1.165, 1.54) is 25.2 Å². The molecule has 0 amide bonds. The Morgan fingerprint density at radius 1 is 1.07 bits per heavy atom. The fourth-order valence-electron chi connectivity index (χ4n) is 1.92. The highest BCUT2D eigenvalue weighted by Gasteiger charge is 2.21. The van der Waals surface area contributed by atoms with Crippen molar-refractivity contribution in [3.8, 4) is 0 Å². The first-order chi connectivity index (χ1) is 6.84. The molecule has 0 radical (unpaired) electrons. The summed E-state index contributed by atoms with van der Waals surface area (Å²) >= 11 is 3.65. The van der Waals surface area contributed by atoms with Crippen LogP contribution in [0, 0.1) is 0 Å². The molecule has 0 saturated heterocycles. The van der Waals surface area contributed by atoms with Gasteiger partial charge < -0.3 is 0 Å². The predicted molar refractivity (Wildman–Crippen MR) is 63.8 cm³/mol. The number of allylic oxidation sites excluding steroid dienone is 2. The molecule has 0 nitrogen and oxygen atoms in total. The van der Waals surface area contributed by atoms with Crippen LogP contribution < -0.4 is 0 Å². The van der Waals surface area contributed by atoms with Crippen molar-refractivity contribution in [3.63, 3.8) is 0 Å². The van der Waals surface area contributed by atoms with Gasteiger partial charge in [-0.2, -0.15) is 0 Å². The van der Waals surface area contributed by atoms with E-state index in [1.807, 2.05) is 23.5 Å². The summed E-state index contributed by atoms with van der Waals surface area (Å²) in [4.78, 5) is 2.86. The van der Waals surface area contributed by atoms with Gasteiger partial charge >= 0.3 is 0 Å². The molecule has 0 N–H and O–H groups in total. The van der Waals surface area contributed by atoms with Crippen LogP contribution in [0.4, 0.5) is 0 Å². The Morgan fingerprint density at radius 3 is 2.86 bits per heavy atom. The van der Waals surface area contributed by atoms with Gasteiger partial charge in [0.1, 0.15) is 0 Å². The Morgan fingerprint density at radius 2 is 1.93 bits per heavy atom. The summed E-state index contributed by atoms with van der Waals surface area (Å²) in [5.74, 6) is 0. The topological polar surface area (TPSA) is 0 Å². The van der Waals surface area contributed by atoms with E-state index in [2.05, 4.69) is 30.9 Å². The number of benzene rings is 1. The van der Waals surface area contributed by atoms with Gasteiger partial charge in [-0.3, -0.25) is 0 Å². The molecule has 70 valence electrons. The van der Waals surface area contributed by atoms with E-state index in [1.54, 1.807) is 0 Å². The maximum absolute atomic E-state index is 4.03. The lowest BCUT2D eigenvalue weighted by atomic mass is 9.97. The van der Waals surface area contributed by atoms with Gasteiger partial charge in [-0.1, -0.05) is 48.3 Å². The van der Waals surface area contributed by atoms with E-state index in [0.29, 0.717) is 0 Å². The molecule has 0 fully saturated rings. The van der Waals surface area contributed by atoms with Crippen molar-refractivity contribution in [2.75, 3.05) is 0 Å². The van der Waals surface area contributed by atoms with E-state index in [9.17, 15) is 0 Å². The SMILES string of the molecule is C=C1Sc2ccc3c(c2S1)CC=CC3. The normalized spacial score (nSPS) is 18.1. The van der Waals surface area contributed by atoms with Crippen molar-refractivity contribution >= 4 is 23.5 Å². The molecular weight excluding hydrogens is 208 g/mol. The molecule has 1 aliphatic heterocycles. The monoisotopic (exact) mass is 218 g/mol. The molecule has 2 heteroatoms. The Labute approximate surface area is 92.5 Å². The minimum Gasteiger partial charge on any atom is -0.0838 e. The van der Waals surface area contributed by atoms with Gasteiger partial charge in [-0.15, -0.1) is 0 Å². The average Bonchev–Trinajstić information content (AvgIpc) is 2.59. The van der Waals surface area contributed by atoms with Crippen LogP contribution in [0.15, 0.2) is 44.9 Å². The molecule has 1 aromatic rings. The van der Waals surface area contributed by atoms with E-state index >= 15 is 0 Å². The van der Waals surface area contributed by atoms with Crippen LogP contribution in [0.25, 0.3) is 0 Å². The maximum atomic E-state index is 4.03. The molecule has 1 heterocycles. The molecule has 0 spiro atoms. The molecule has 0 unspecified atom stereocenters. The summed E-state index contributed by atoms with van der Waals surface area (Å²) in [5, 5.41) is 0. The minimum absolute atomic E-state index is 1.10. The highest BCUT2D eigenvalue weighted by Crippen LogP contribution is 2.52. The van der Waals surface area contributed by atoms with Crippen LogP contribution in [0.5, 0.6) is 0 Å². The third-order valence-electron chi connectivity index (χ3n) is 2.59. The highest BCUT2D eigenvalue weighted by atomic mass is 32.2. The van der Waals surface area contributed by atoms with Gasteiger partial charge in [0, 0.05) is 14.0 Å². The van der Waals surface area contributed by atoms with Gasteiger partial charge in [0.05, 0.1) is 0 Å². The number of thioether (sulfide) groups is 2. The standard InChI is InChI=1S/C12H10S2/c1-8-13-11-7-6-9-4-2-3-5-10(9)12(11)14-8/h2-3,6-7H,1,4-5H2. The van der Waals surface area contributed by atoms with Crippen molar-refractivity contribution < 1.29 is 0 Å². The Balaban J connectivity index is 2.18. The summed E-state index contributed by atoms with van der Waals surface area (Å²) in [6, 6.07) is 4.51. The van der Waals surface area contributed by atoms with Crippen LogP contribution in [0.3, 0.4) is 0 Å². The Bertz CT molecular complexity index is 429. The molecule has 1 aliphatic carbocycles. The average molecular weight is 218 g/mol. The molecular formula is C12H10S2. The summed E-state index contributed by atoms with van der Waals surface area (Å²) in [7, 11) is 0. The first kappa shape index (κ1) is 8.69. The number of rotatable bonds is 0. The predicted octanol–water partition coefficient (Wildman–Crippen LogP) is 4.01. The first-order valence-electron chi connectivity index (χ1n) is 4.69. The number of hydrogen-bond donors (Lipinski definition) is 0. The van der Waals surface area contributed by atoms with Crippen LogP contribution >= 0.6 is 23.5 Å². The van der Waals surface area contributed by atoms with E-state index < -0.39 is 0 Å². The number of hydrogen-bond acceptors (Lipinski definition) is 2. The van der Waals surface area contributed by atoms with Gasteiger partial charge in [0.2, 0.25) is 0 Å². The largest absolute Gasteiger partial charge is 0.0838 e. The fraction of sp³-hybridized carbons (Fsp3) is 0.167. The molecule has 1 aromatic carbocycles. The second kappa shape index (κ2) is 3.21. The van der Waals surface area contributed by atoms with Crippen molar-refractivity contribution in [2.45, 2.75) is 22.6 Å². The zero-order chi connectivity index (χ0) is 9.54. The Hall–Kier alpha value is -0.600. The molecule has 14 heavy (non-hydrogen) atoms. The van der Waals surface area contributed by atoms with Crippen molar-refractivity contribution in [2.24, 2.45) is 0 Å². The zero-order valence-corrected chi connectivity index (χ0v) is 9.38. The van der Waals surface area contributed by atoms with E-state index in [4.69, 9.17) is 0 Å². The highest BCUT2D eigenvalue weighted by molar-refractivity contribution is 8.24. The fourth-order valence-corrected chi connectivity index (χ4v) is 4.19. The quantitative estimate of drug-likeness (QED) is 0.603. The van der Waals surface area contributed by atoms with Gasteiger partial charge in [0.15, 0.2) is 0 Å². The van der Waals surface area contributed by atoms with Crippen molar-refractivity contribution in [1.82, 2.24) is 0 Å². The third kappa shape index (κ3) is 1.25. The summed E-state index contributed by atoms with van der Waals surface area (Å²) in [6.07, 6.45) is 6.73. The summed E-state index contributed by atoms with van der Waals surface area (Å²) < 4.78 is 1.21. The van der Waals surface area contributed by atoms with Gasteiger partial charge in [0.25, 0.3) is 0 Å². The second-order valence-corrected chi connectivity index (χ2v) is 5.99. The molecule has 2 aliphatic rings. The summed E-state index contributed by atoms with van der Waals surface area (Å²) in [6.45, 7) is 4.03. The zero-order valence-electron chi connectivity index (χ0n) is 7.75. The number of fused-ring (bicyclic) bond motifs is 3. The van der Waals surface area contributed by atoms with Crippen molar-refractivity contribution in [3.05, 3.63) is 46.2 Å². The molecule has 0 bridgehead atoms. The Kier molecular flexibility index (Phi) is 1.99. The summed E-state index contributed by atoms with van der Waals surface area (Å²) in [5.41, 5.74) is 3.02. The maximum Gasteiger partial charge on any atom is 0.0427 e. The molecule has 3 rings (SSSR count). The van der Waals surface area contributed by atoms with Crippen molar-refractivity contribution in [1.29, 1.82) is 0 Å². The molecule has 0 aromatic heterocycles. The van der Waals surface area contributed by atoms with Gasteiger partial charge in [-0.05, 0) is 30.0 Å². The lowest BCUT2D eigenvalue weighted by molar-refractivity contribution is 1.01. The smallest absolute Gasteiger partial charge is 0.0427 e. The van der Waals surface area contributed by atoms with Crippen LogP contribution in [0.1, 0.15) is 11.1 Å². The first-order valence-corrected chi connectivity index (χ1v) is 6.32. The van der Waals surface area contributed by atoms with Gasteiger partial charge in [-0.25, -0.2) is 0 Å². The van der Waals surface area contributed by atoms with Crippen LogP contribution in [0.2, 0.25) is 0 Å². The van der Waals surface area contributed by atoms with Crippen LogP contribution in [-0.4, -0.2) is 0 Å². The lowest BCUT2D eigenvalue weighted by Crippen LogP contribution is -1.98. The third-order valence-corrected chi connectivity index (χ3v) is 4.90. The molecule has 0 atom stereocenters. The van der Waals surface area contributed by atoms with Crippen LogP contribution in [-0.2, 0) is 12.8 Å². The van der Waals surface area contributed by atoms with E-state index in [-0.39, 0.29) is 0 Å².